The minimum atomic E-state index is -4.24. The largest absolute Gasteiger partial charge is 0.390 e. The Bertz CT molecular complexity index is 1600. The van der Waals surface area contributed by atoms with Crippen LogP contribution in [0.25, 0.3) is 0 Å². The number of β-amino-alcohol motifs (C(OH)–C–C–N with tert-alkyl or cyclic N) is 1. The van der Waals surface area contributed by atoms with Crippen LogP contribution in [0, 0.1) is 11.7 Å². The lowest BCUT2D eigenvalue weighted by Crippen LogP contribution is -2.61. The molecule has 0 aliphatic carbocycles. The quantitative estimate of drug-likeness (QED) is 0.227. The van der Waals surface area contributed by atoms with E-state index in [-0.39, 0.29) is 23.8 Å². The Morgan fingerprint density at radius 3 is 2.34 bits per heavy atom. The highest BCUT2D eigenvalue weighted by atomic mass is 32.2. The third kappa shape index (κ3) is 11.0. The molecule has 0 radical (unpaired) electrons. The van der Waals surface area contributed by atoms with Crippen LogP contribution in [0.1, 0.15) is 39.2 Å². The van der Waals surface area contributed by atoms with Gasteiger partial charge in [-0.1, -0.05) is 30.3 Å². The summed E-state index contributed by atoms with van der Waals surface area (Å²) in [6, 6.07) is 9.85. The summed E-state index contributed by atoms with van der Waals surface area (Å²) in [5, 5.41) is 17.8. The highest BCUT2D eigenvalue weighted by Crippen LogP contribution is 2.40. The number of hydrogen-bond acceptors (Lipinski definition) is 9. The fourth-order valence-corrected chi connectivity index (χ4v) is 9.85. The number of fused-ring (bicyclic) bond motifs is 1. The molecule has 0 bridgehead atoms. The van der Waals surface area contributed by atoms with Crippen molar-refractivity contribution < 1.29 is 35.9 Å². The van der Waals surface area contributed by atoms with E-state index in [0.717, 1.165) is 48.3 Å². The minimum Gasteiger partial charge on any atom is -0.390 e. The number of carbonyl (C=O) groups is 2. The minimum absolute atomic E-state index is 0.0476. The number of sulfone groups is 1. The molecule has 2 heterocycles. The summed E-state index contributed by atoms with van der Waals surface area (Å²) >= 11 is 1.86. The van der Waals surface area contributed by atoms with Crippen molar-refractivity contribution in [2.75, 3.05) is 30.9 Å². The van der Waals surface area contributed by atoms with Crippen LogP contribution < -0.4 is 15.4 Å². The van der Waals surface area contributed by atoms with Crippen molar-refractivity contribution in [1.82, 2.24) is 20.3 Å². The SMILES string of the molecule is CC(C)(C)NC(=O)[C@@H]1C[C@@H]2SCC[C@@H]2CN1C[C@@H](O)[C@H](Cc1ccccc1)NC(=O)[C@@H](CS(=O)(=O)c1ccc(F)cc1)NS(C)(=O)=O. The van der Waals surface area contributed by atoms with Gasteiger partial charge in [-0.05, 0) is 81.5 Å². The van der Waals surface area contributed by atoms with E-state index in [0.29, 0.717) is 24.1 Å². The van der Waals surface area contributed by atoms with E-state index in [1.807, 2.05) is 55.6 Å². The molecule has 0 aromatic heterocycles. The van der Waals surface area contributed by atoms with E-state index in [1.165, 1.54) is 0 Å². The van der Waals surface area contributed by atoms with Crippen LogP contribution in [-0.2, 0) is 35.9 Å². The predicted molar refractivity (Wildman–Crippen MR) is 181 cm³/mol. The summed E-state index contributed by atoms with van der Waals surface area (Å²) in [4.78, 5) is 28.9. The van der Waals surface area contributed by atoms with E-state index >= 15 is 0 Å². The zero-order valence-electron chi connectivity index (χ0n) is 27.1. The van der Waals surface area contributed by atoms with E-state index in [1.54, 1.807) is 12.1 Å². The predicted octanol–water partition coefficient (Wildman–Crippen LogP) is 1.72. The fourth-order valence-electron chi connectivity index (χ4n) is 6.07. The molecule has 15 heteroatoms. The van der Waals surface area contributed by atoms with Crippen LogP contribution in [0.5, 0.6) is 0 Å². The van der Waals surface area contributed by atoms with Gasteiger partial charge in [0.1, 0.15) is 11.9 Å². The lowest BCUT2D eigenvalue weighted by Gasteiger charge is -2.43. The normalized spacial score (nSPS) is 22.6. The lowest BCUT2D eigenvalue weighted by molar-refractivity contribution is -0.131. The molecular weight excluding hydrogens is 668 g/mol. The average Bonchev–Trinajstić information content (AvgIpc) is 3.42. The van der Waals surface area contributed by atoms with Gasteiger partial charge in [0.2, 0.25) is 21.8 Å². The molecule has 2 amide bonds. The van der Waals surface area contributed by atoms with E-state index in [9.17, 15) is 35.9 Å². The Kier molecular flexibility index (Phi) is 12.2. The first-order valence-corrected chi connectivity index (χ1v) is 20.1. The number of nitrogens with one attached hydrogen (secondary N) is 3. The molecule has 2 saturated heterocycles. The Morgan fingerprint density at radius 2 is 1.72 bits per heavy atom. The van der Waals surface area contributed by atoms with Gasteiger partial charge < -0.3 is 15.7 Å². The second-order valence-electron chi connectivity index (χ2n) is 13.5. The highest BCUT2D eigenvalue weighted by Gasteiger charge is 2.43. The van der Waals surface area contributed by atoms with Gasteiger partial charge in [-0.2, -0.15) is 11.8 Å². The standard InChI is InChI=1S/C32H45FN4O7S3/c1-32(2,3)35-31(40)27-17-29-22(14-15-45-29)18-37(27)19-28(38)25(16-21-8-6-5-7-9-21)34-30(39)26(36-46(4,41)42)20-47(43,44)24-12-10-23(33)11-13-24/h5-13,22,25-29,36,38H,14-20H2,1-4H3,(H,34,39)(H,35,40)/t22-,25+,26-,27+,28-,29+/m1/s1. The van der Waals surface area contributed by atoms with Gasteiger partial charge in [-0.25, -0.2) is 25.9 Å². The average molecular weight is 713 g/mol. The summed E-state index contributed by atoms with van der Waals surface area (Å²) in [5.41, 5.74) is 0.317. The maximum atomic E-state index is 13.7. The summed E-state index contributed by atoms with van der Waals surface area (Å²) in [6.45, 7) is 6.36. The van der Waals surface area contributed by atoms with Gasteiger partial charge in [0.05, 0.1) is 35.1 Å². The zero-order chi connectivity index (χ0) is 34.6. The Hall–Kier alpha value is -2.56. The molecule has 2 aromatic rings. The van der Waals surface area contributed by atoms with Crippen LogP contribution in [-0.4, -0.2) is 105 Å². The fraction of sp³-hybridized carbons (Fsp3) is 0.562. The molecule has 260 valence electrons. The number of hydrogen-bond donors (Lipinski definition) is 4. The van der Waals surface area contributed by atoms with Gasteiger partial charge in [-0.15, -0.1) is 0 Å². The molecule has 2 fully saturated rings. The van der Waals surface area contributed by atoms with Crippen molar-refractivity contribution in [1.29, 1.82) is 0 Å². The number of carbonyl (C=O) groups excluding carboxylic acids is 2. The molecule has 6 atom stereocenters. The maximum Gasteiger partial charge on any atom is 0.239 e. The maximum absolute atomic E-state index is 13.7. The molecule has 2 aliphatic heterocycles. The molecule has 4 N–H and O–H groups in total. The number of aliphatic hydroxyl groups is 1. The van der Waals surface area contributed by atoms with Crippen molar-refractivity contribution in [2.45, 2.75) is 79.9 Å². The van der Waals surface area contributed by atoms with Crippen LogP contribution in [0.3, 0.4) is 0 Å². The Morgan fingerprint density at radius 1 is 1.06 bits per heavy atom. The smallest absolute Gasteiger partial charge is 0.239 e. The monoisotopic (exact) mass is 712 g/mol. The highest BCUT2D eigenvalue weighted by molar-refractivity contribution is 8.00. The van der Waals surface area contributed by atoms with E-state index < -0.39 is 67.1 Å². The number of sulfonamides is 1. The van der Waals surface area contributed by atoms with Gasteiger partial charge in [0.15, 0.2) is 9.84 Å². The van der Waals surface area contributed by atoms with Crippen molar-refractivity contribution in [3.63, 3.8) is 0 Å². The van der Waals surface area contributed by atoms with Crippen molar-refractivity contribution in [2.24, 2.45) is 5.92 Å². The zero-order valence-corrected chi connectivity index (χ0v) is 29.5. The van der Waals surface area contributed by atoms with Gasteiger partial charge >= 0.3 is 0 Å². The molecule has 2 aromatic carbocycles. The Labute approximate surface area is 281 Å². The first kappa shape index (κ1) is 37.3. The number of amides is 2. The van der Waals surface area contributed by atoms with Crippen LogP contribution in [0.4, 0.5) is 4.39 Å². The van der Waals surface area contributed by atoms with E-state index in [2.05, 4.69) is 15.4 Å². The molecular formula is C32H45FN4O7S3. The van der Waals surface area contributed by atoms with Crippen LogP contribution in [0.15, 0.2) is 59.5 Å². The number of piperidine rings is 1. The van der Waals surface area contributed by atoms with Crippen LogP contribution in [0.2, 0.25) is 0 Å². The summed E-state index contributed by atoms with van der Waals surface area (Å²) in [6.07, 6.45) is 1.38. The first-order valence-electron chi connectivity index (χ1n) is 15.6. The summed E-state index contributed by atoms with van der Waals surface area (Å²) in [7, 11) is -8.30. The first-order chi connectivity index (χ1) is 21.9. The molecule has 2 aliphatic rings. The molecule has 0 unspecified atom stereocenters. The third-order valence-corrected chi connectivity index (χ3v) is 12.2. The molecule has 47 heavy (non-hydrogen) atoms. The topological polar surface area (TPSA) is 162 Å². The van der Waals surface area contributed by atoms with Crippen molar-refractivity contribution >= 4 is 43.4 Å². The molecule has 0 saturated carbocycles. The van der Waals surface area contributed by atoms with Gasteiger partial charge in [0, 0.05) is 23.9 Å². The number of likely N-dealkylation sites (tertiary alicyclic amines) is 1. The lowest BCUT2D eigenvalue weighted by atomic mass is 9.89. The number of aliphatic hydroxyl groups excluding tert-OH is 1. The summed E-state index contributed by atoms with van der Waals surface area (Å²) in [5.74, 6) is -1.32. The Balaban J connectivity index is 1.59. The number of rotatable bonds is 13. The van der Waals surface area contributed by atoms with E-state index in [4.69, 9.17) is 0 Å². The van der Waals surface area contributed by atoms with Crippen LogP contribution >= 0.6 is 11.8 Å². The van der Waals surface area contributed by atoms with Crippen molar-refractivity contribution in [3.8, 4) is 0 Å². The van der Waals surface area contributed by atoms with Crippen molar-refractivity contribution in [3.05, 3.63) is 66.0 Å². The van der Waals surface area contributed by atoms with Gasteiger partial charge in [0.25, 0.3) is 0 Å². The van der Waals surface area contributed by atoms with Gasteiger partial charge in [-0.3, -0.25) is 14.5 Å². The molecule has 4 rings (SSSR count). The number of thioether (sulfide) groups is 1. The molecule has 0 spiro atoms. The third-order valence-electron chi connectivity index (χ3n) is 8.26. The number of benzene rings is 2. The molecule has 11 nitrogen and oxygen atoms in total. The second-order valence-corrected chi connectivity index (χ2v) is 18.6. The number of nitrogens with zero attached hydrogens (tertiary/aromatic N) is 1. The second kappa shape index (κ2) is 15.3. The summed E-state index contributed by atoms with van der Waals surface area (Å²) < 4.78 is 66.4. The number of halogens is 1.